The molecule has 1 rings (SSSR count). The third kappa shape index (κ3) is 3.92. The Hall–Kier alpha value is -1.24. The van der Waals surface area contributed by atoms with Gasteiger partial charge in [0.1, 0.15) is 0 Å². The smallest absolute Gasteiger partial charge is 0.344 e. The Morgan fingerprint density at radius 3 is 2.94 bits per heavy atom. The lowest BCUT2D eigenvalue weighted by atomic mass is 10.1. The highest BCUT2D eigenvalue weighted by Gasteiger charge is 2.15. The van der Waals surface area contributed by atoms with Crippen molar-refractivity contribution in [2.75, 3.05) is 5.75 Å². The van der Waals surface area contributed by atoms with Crippen LogP contribution in [0.1, 0.15) is 39.2 Å². The number of thioether (sulfide) groups is 1. The summed E-state index contributed by atoms with van der Waals surface area (Å²) in [5, 5.41) is 15.3. The van der Waals surface area contributed by atoms with Gasteiger partial charge in [-0.15, -0.1) is 5.10 Å². The number of aromatic nitrogens is 3. The van der Waals surface area contributed by atoms with Gasteiger partial charge in [0, 0.05) is 6.04 Å². The number of unbranched alkanes of at least 4 members (excludes halogenated alkanes) is 1. The van der Waals surface area contributed by atoms with Gasteiger partial charge in [-0.05, 0) is 13.3 Å². The van der Waals surface area contributed by atoms with E-state index in [1.165, 1.54) is 4.57 Å². The lowest BCUT2D eigenvalue weighted by Gasteiger charge is -2.13. The Labute approximate surface area is 103 Å². The van der Waals surface area contributed by atoms with Crippen LogP contribution in [0.4, 0.5) is 0 Å². The van der Waals surface area contributed by atoms with E-state index in [2.05, 4.69) is 17.1 Å². The molecule has 0 aromatic carbocycles. The minimum Gasteiger partial charge on any atom is -0.481 e. The number of rotatable bonds is 7. The third-order valence-electron chi connectivity index (χ3n) is 2.41. The molecule has 0 aliphatic rings. The Bertz CT molecular complexity index is 427. The van der Waals surface area contributed by atoms with Gasteiger partial charge >= 0.3 is 11.7 Å². The molecule has 0 radical (unpaired) electrons. The summed E-state index contributed by atoms with van der Waals surface area (Å²) in [6.45, 7) is 4.03. The van der Waals surface area contributed by atoms with Crippen LogP contribution in [0.15, 0.2) is 9.95 Å². The van der Waals surface area contributed by atoms with Crippen LogP contribution >= 0.6 is 11.8 Å². The number of H-pyrrole nitrogens is 1. The number of carbonyl (C=O) groups is 1. The molecule has 6 nitrogen and oxygen atoms in total. The second-order valence-corrected chi connectivity index (χ2v) is 4.80. The molecule has 0 fully saturated rings. The topological polar surface area (TPSA) is 88.0 Å². The van der Waals surface area contributed by atoms with Crippen molar-refractivity contribution >= 4 is 17.7 Å². The van der Waals surface area contributed by atoms with Crippen molar-refractivity contribution in [1.29, 1.82) is 0 Å². The second kappa shape index (κ2) is 6.48. The fraction of sp³-hybridized carbons (Fsp3) is 0.700. The van der Waals surface area contributed by atoms with E-state index >= 15 is 0 Å². The highest BCUT2D eigenvalue weighted by atomic mass is 32.2. The molecule has 1 aromatic heterocycles. The SMILES string of the molecule is CCCCC(C)n1c(SCC(=O)O)n[nH]c1=O. The molecule has 0 aliphatic carbocycles. The Morgan fingerprint density at radius 2 is 2.35 bits per heavy atom. The number of aromatic amines is 1. The van der Waals surface area contributed by atoms with Crippen molar-refractivity contribution in [3.63, 3.8) is 0 Å². The van der Waals surface area contributed by atoms with E-state index in [-0.39, 0.29) is 17.5 Å². The van der Waals surface area contributed by atoms with Crippen LogP contribution in [0, 0.1) is 0 Å². The summed E-state index contributed by atoms with van der Waals surface area (Å²) in [7, 11) is 0. The molecule has 0 aliphatic heterocycles. The molecule has 0 saturated heterocycles. The zero-order chi connectivity index (χ0) is 12.8. The average molecular weight is 259 g/mol. The molecule has 96 valence electrons. The Kier molecular flexibility index (Phi) is 5.27. The van der Waals surface area contributed by atoms with Crippen LogP contribution in [0.5, 0.6) is 0 Å². The van der Waals surface area contributed by atoms with Gasteiger partial charge in [0.25, 0.3) is 0 Å². The molecule has 17 heavy (non-hydrogen) atoms. The van der Waals surface area contributed by atoms with Gasteiger partial charge in [0.05, 0.1) is 5.75 Å². The molecule has 1 unspecified atom stereocenters. The van der Waals surface area contributed by atoms with Gasteiger partial charge in [0.2, 0.25) is 0 Å². The van der Waals surface area contributed by atoms with Crippen molar-refractivity contribution < 1.29 is 9.90 Å². The van der Waals surface area contributed by atoms with Crippen molar-refractivity contribution in [3.05, 3.63) is 10.5 Å². The van der Waals surface area contributed by atoms with Crippen molar-refractivity contribution in [2.45, 2.75) is 44.3 Å². The van der Waals surface area contributed by atoms with Gasteiger partial charge in [0.15, 0.2) is 5.16 Å². The maximum absolute atomic E-state index is 11.6. The molecule has 2 N–H and O–H groups in total. The lowest BCUT2D eigenvalue weighted by Crippen LogP contribution is -2.21. The van der Waals surface area contributed by atoms with Crippen LogP contribution in [0.25, 0.3) is 0 Å². The first-order valence-electron chi connectivity index (χ1n) is 5.57. The highest BCUT2D eigenvalue weighted by molar-refractivity contribution is 7.99. The number of carboxylic acids is 1. The number of nitrogens with one attached hydrogen (secondary N) is 1. The molecule has 7 heteroatoms. The molecule has 0 amide bonds. The van der Waals surface area contributed by atoms with E-state index in [1.807, 2.05) is 6.92 Å². The van der Waals surface area contributed by atoms with Gasteiger partial charge in [-0.1, -0.05) is 31.5 Å². The fourth-order valence-corrected chi connectivity index (χ4v) is 2.30. The van der Waals surface area contributed by atoms with Gasteiger partial charge < -0.3 is 5.11 Å². The molecule has 1 atom stereocenters. The van der Waals surface area contributed by atoms with Crippen LogP contribution in [-0.4, -0.2) is 31.6 Å². The first-order chi connectivity index (χ1) is 8.06. The number of hydrogen-bond acceptors (Lipinski definition) is 4. The summed E-state index contributed by atoms with van der Waals surface area (Å²) in [5.74, 6) is -1.01. The van der Waals surface area contributed by atoms with Crippen LogP contribution in [0.3, 0.4) is 0 Å². The number of carboxylic acid groups (broad SMARTS) is 1. The zero-order valence-corrected chi connectivity index (χ0v) is 10.8. The summed E-state index contributed by atoms with van der Waals surface area (Å²) < 4.78 is 1.53. The Balaban J connectivity index is 2.78. The Morgan fingerprint density at radius 1 is 1.65 bits per heavy atom. The van der Waals surface area contributed by atoms with Gasteiger partial charge in [-0.25, -0.2) is 9.89 Å². The van der Waals surface area contributed by atoms with Crippen LogP contribution < -0.4 is 5.69 Å². The van der Waals surface area contributed by atoms with Crippen molar-refractivity contribution in [3.8, 4) is 0 Å². The van der Waals surface area contributed by atoms with E-state index in [4.69, 9.17) is 5.11 Å². The maximum Gasteiger partial charge on any atom is 0.344 e. The first-order valence-corrected chi connectivity index (χ1v) is 6.56. The first kappa shape index (κ1) is 13.8. The summed E-state index contributed by atoms with van der Waals surface area (Å²) in [6.07, 6.45) is 2.98. The molecule has 1 aromatic rings. The van der Waals surface area contributed by atoms with Gasteiger partial charge in [-0.2, -0.15) is 0 Å². The largest absolute Gasteiger partial charge is 0.481 e. The standard InChI is InChI=1S/C10H17N3O3S/c1-3-4-5-7(2)13-9(16)11-12-10(13)17-6-8(14)15/h7H,3-6H2,1-2H3,(H,11,16)(H,14,15). The van der Waals surface area contributed by atoms with E-state index < -0.39 is 5.97 Å². The molecule has 0 spiro atoms. The molecular weight excluding hydrogens is 242 g/mol. The molecule has 0 bridgehead atoms. The molecular formula is C10H17N3O3S. The fourth-order valence-electron chi connectivity index (χ4n) is 1.54. The summed E-state index contributed by atoms with van der Waals surface area (Å²) >= 11 is 1.06. The van der Waals surface area contributed by atoms with E-state index in [0.29, 0.717) is 5.16 Å². The predicted molar refractivity (Wildman–Crippen MR) is 65.4 cm³/mol. The monoisotopic (exact) mass is 259 g/mol. The number of aliphatic carboxylic acids is 1. The average Bonchev–Trinajstić information content (AvgIpc) is 2.64. The summed E-state index contributed by atoms with van der Waals surface area (Å²) in [6, 6.07) is 0.0393. The highest BCUT2D eigenvalue weighted by Crippen LogP contribution is 2.20. The summed E-state index contributed by atoms with van der Waals surface area (Å²) in [4.78, 5) is 22.1. The lowest BCUT2D eigenvalue weighted by molar-refractivity contribution is -0.133. The van der Waals surface area contributed by atoms with E-state index in [1.54, 1.807) is 0 Å². The second-order valence-electron chi connectivity index (χ2n) is 3.85. The van der Waals surface area contributed by atoms with E-state index in [9.17, 15) is 9.59 Å². The zero-order valence-electron chi connectivity index (χ0n) is 9.97. The van der Waals surface area contributed by atoms with Crippen molar-refractivity contribution in [1.82, 2.24) is 14.8 Å². The third-order valence-corrected chi connectivity index (χ3v) is 3.35. The number of hydrogen-bond donors (Lipinski definition) is 2. The number of nitrogens with zero attached hydrogens (tertiary/aromatic N) is 2. The predicted octanol–water partition coefficient (Wildman–Crippen LogP) is 1.50. The minimum absolute atomic E-state index is 0.0393. The van der Waals surface area contributed by atoms with Crippen LogP contribution in [0.2, 0.25) is 0 Å². The normalized spacial score (nSPS) is 12.6. The quantitative estimate of drug-likeness (QED) is 0.724. The van der Waals surface area contributed by atoms with Crippen LogP contribution in [-0.2, 0) is 4.79 Å². The molecule has 0 saturated carbocycles. The summed E-state index contributed by atoms with van der Waals surface area (Å²) in [5.41, 5.74) is -0.276. The maximum atomic E-state index is 11.6. The minimum atomic E-state index is -0.918. The van der Waals surface area contributed by atoms with Crippen molar-refractivity contribution in [2.24, 2.45) is 0 Å². The molecule has 1 heterocycles. The van der Waals surface area contributed by atoms with E-state index in [0.717, 1.165) is 31.0 Å². The van der Waals surface area contributed by atoms with Gasteiger partial charge in [-0.3, -0.25) is 9.36 Å².